The third-order valence-electron chi connectivity index (χ3n) is 2.49. The summed E-state index contributed by atoms with van der Waals surface area (Å²) in [5, 5.41) is 9.23. The second kappa shape index (κ2) is 5.52. The number of aliphatic carboxylic acids is 1. The van der Waals surface area contributed by atoms with E-state index >= 15 is 0 Å². The van der Waals surface area contributed by atoms with Crippen molar-refractivity contribution in [3.05, 3.63) is 65.2 Å². The fourth-order valence-corrected chi connectivity index (χ4v) is 1.81. The van der Waals surface area contributed by atoms with E-state index in [1.54, 1.807) is 6.08 Å². The van der Waals surface area contributed by atoms with Crippen molar-refractivity contribution in [2.75, 3.05) is 0 Å². The maximum atomic E-state index is 10.4. The molecule has 0 bridgehead atoms. The summed E-state index contributed by atoms with van der Waals surface area (Å²) in [6.45, 7) is 0. The van der Waals surface area contributed by atoms with E-state index in [0.717, 1.165) is 22.8 Å². The van der Waals surface area contributed by atoms with Crippen LogP contribution >= 0.6 is 11.6 Å². The normalized spacial score (nSPS) is 10.7. The third-order valence-corrected chi connectivity index (χ3v) is 2.72. The number of carboxylic acid groups (broad SMARTS) is 1. The van der Waals surface area contributed by atoms with Crippen LogP contribution in [0.15, 0.2) is 54.6 Å². The maximum Gasteiger partial charge on any atom is 0.328 e. The summed E-state index contributed by atoms with van der Waals surface area (Å²) < 4.78 is 0. The van der Waals surface area contributed by atoms with Gasteiger partial charge in [-0.2, -0.15) is 0 Å². The van der Waals surface area contributed by atoms with Crippen molar-refractivity contribution in [2.24, 2.45) is 0 Å². The van der Waals surface area contributed by atoms with Gasteiger partial charge in [-0.15, -0.1) is 0 Å². The molecule has 18 heavy (non-hydrogen) atoms. The molecule has 2 nitrogen and oxygen atoms in total. The Bertz CT molecular complexity index is 586. The molecule has 0 unspecified atom stereocenters. The first-order valence-electron chi connectivity index (χ1n) is 5.42. The first-order valence-corrected chi connectivity index (χ1v) is 5.80. The van der Waals surface area contributed by atoms with E-state index in [-0.39, 0.29) is 0 Å². The van der Waals surface area contributed by atoms with E-state index < -0.39 is 5.97 Å². The van der Waals surface area contributed by atoms with Gasteiger partial charge in [-0.3, -0.25) is 0 Å². The average molecular weight is 259 g/mol. The molecule has 2 aromatic carbocycles. The summed E-state index contributed by atoms with van der Waals surface area (Å²) in [6, 6.07) is 15.2. The second-order valence-electron chi connectivity index (χ2n) is 3.80. The molecule has 0 aliphatic carbocycles. The molecule has 0 radical (unpaired) electrons. The molecule has 0 saturated carbocycles. The molecular formula is C15H11ClO2. The van der Waals surface area contributed by atoms with Crippen LogP contribution in [0.2, 0.25) is 5.02 Å². The van der Waals surface area contributed by atoms with Crippen molar-refractivity contribution < 1.29 is 9.90 Å². The van der Waals surface area contributed by atoms with Gasteiger partial charge in [0.1, 0.15) is 0 Å². The van der Waals surface area contributed by atoms with Gasteiger partial charge < -0.3 is 5.11 Å². The topological polar surface area (TPSA) is 37.3 Å². The lowest BCUT2D eigenvalue weighted by atomic mass is 10.0. The average Bonchev–Trinajstić information content (AvgIpc) is 2.37. The van der Waals surface area contributed by atoms with Crippen LogP contribution in [0.3, 0.4) is 0 Å². The Morgan fingerprint density at radius 1 is 1.06 bits per heavy atom. The smallest absolute Gasteiger partial charge is 0.328 e. The predicted molar refractivity (Wildman–Crippen MR) is 73.6 cm³/mol. The van der Waals surface area contributed by atoms with Crippen LogP contribution in [0.1, 0.15) is 5.56 Å². The minimum absolute atomic E-state index is 0.697. The van der Waals surface area contributed by atoms with Gasteiger partial charge in [0.25, 0.3) is 0 Å². The van der Waals surface area contributed by atoms with Gasteiger partial charge in [0.15, 0.2) is 0 Å². The minimum atomic E-state index is -0.950. The van der Waals surface area contributed by atoms with Gasteiger partial charge in [-0.1, -0.05) is 48.0 Å². The summed E-state index contributed by atoms with van der Waals surface area (Å²) in [7, 11) is 0. The highest BCUT2D eigenvalue weighted by atomic mass is 35.5. The largest absolute Gasteiger partial charge is 0.478 e. The van der Waals surface area contributed by atoms with E-state index in [1.165, 1.54) is 0 Å². The number of hydrogen-bond acceptors (Lipinski definition) is 1. The molecule has 2 aromatic rings. The molecule has 0 atom stereocenters. The van der Waals surface area contributed by atoms with Crippen molar-refractivity contribution in [3.63, 3.8) is 0 Å². The standard InChI is InChI=1S/C15H11ClO2/c16-14-3-1-2-13(10-14)12-7-4-11(5-8-12)6-9-15(17)18/h1-10H,(H,17,18)/b9-6+. The lowest BCUT2D eigenvalue weighted by molar-refractivity contribution is -0.131. The van der Waals surface area contributed by atoms with E-state index in [0.29, 0.717) is 5.02 Å². The Hall–Kier alpha value is -2.06. The molecular weight excluding hydrogens is 248 g/mol. The number of carboxylic acids is 1. The maximum absolute atomic E-state index is 10.4. The van der Waals surface area contributed by atoms with E-state index in [2.05, 4.69) is 0 Å². The van der Waals surface area contributed by atoms with Crippen molar-refractivity contribution in [2.45, 2.75) is 0 Å². The molecule has 90 valence electrons. The molecule has 0 aliphatic heterocycles. The van der Waals surface area contributed by atoms with E-state index in [1.807, 2.05) is 48.5 Å². The Morgan fingerprint density at radius 2 is 1.78 bits per heavy atom. The molecule has 0 aliphatic rings. The van der Waals surface area contributed by atoms with Gasteiger partial charge in [-0.25, -0.2) is 4.79 Å². The summed E-state index contributed by atoms with van der Waals surface area (Å²) in [5.41, 5.74) is 2.93. The Labute approximate surface area is 110 Å². The molecule has 3 heteroatoms. The molecule has 0 spiro atoms. The molecule has 0 fully saturated rings. The van der Waals surface area contributed by atoms with Gasteiger partial charge >= 0.3 is 5.97 Å². The van der Waals surface area contributed by atoms with Crippen molar-refractivity contribution in [1.29, 1.82) is 0 Å². The number of hydrogen-bond donors (Lipinski definition) is 1. The van der Waals surface area contributed by atoms with E-state index in [9.17, 15) is 4.79 Å². The summed E-state index contributed by atoms with van der Waals surface area (Å²) >= 11 is 5.93. The van der Waals surface area contributed by atoms with E-state index in [4.69, 9.17) is 16.7 Å². The highest BCUT2D eigenvalue weighted by Gasteiger charge is 1.98. The molecule has 0 amide bonds. The predicted octanol–water partition coefficient (Wildman–Crippen LogP) is 4.10. The fourth-order valence-electron chi connectivity index (χ4n) is 1.62. The molecule has 0 saturated heterocycles. The first kappa shape index (κ1) is 12.4. The Morgan fingerprint density at radius 3 is 2.39 bits per heavy atom. The molecule has 2 rings (SSSR count). The quantitative estimate of drug-likeness (QED) is 0.842. The highest BCUT2D eigenvalue weighted by Crippen LogP contribution is 2.23. The fraction of sp³-hybridized carbons (Fsp3) is 0. The molecule has 1 N–H and O–H groups in total. The highest BCUT2D eigenvalue weighted by molar-refractivity contribution is 6.30. The first-order chi connectivity index (χ1) is 8.65. The van der Waals surface area contributed by atoms with Gasteiger partial charge in [-0.05, 0) is 34.9 Å². The number of carbonyl (C=O) groups is 1. The molecule has 0 heterocycles. The number of rotatable bonds is 3. The zero-order valence-electron chi connectivity index (χ0n) is 9.51. The van der Waals surface area contributed by atoms with Crippen LogP contribution in [0.5, 0.6) is 0 Å². The Kier molecular flexibility index (Phi) is 3.80. The van der Waals surface area contributed by atoms with Gasteiger partial charge in [0, 0.05) is 11.1 Å². The van der Waals surface area contributed by atoms with Crippen LogP contribution in [0, 0.1) is 0 Å². The summed E-state index contributed by atoms with van der Waals surface area (Å²) in [6.07, 6.45) is 2.68. The zero-order chi connectivity index (χ0) is 13.0. The van der Waals surface area contributed by atoms with Crippen molar-refractivity contribution in [3.8, 4) is 11.1 Å². The van der Waals surface area contributed by atoms with Crippen LogP contribution in [0.4, 0.5) is 0 Å². The van der Waals surface area contributed by atoms with Crippen molar-refractivity contribution in [1.82, 2.24) is 0 Å². The Balaban J connectivity index is 2.25. The summed E-state index contributed by atoms with van der Waals surface area (Å²) in [4.78, 5) is 10.4. The third kappa shape index (κ3) is 3.22. The van der Waals surface area contributed by atoms with Gasteiger partial charge in [0.05, 0.1) is 0 Å². The van der Waals surface area contributed by atoms with Crippen LogP contribution < -0.4 is 0 Å². The van der Waals surface area contributed by atoms with Gasteiger partial charge in [0.2, 0.25) is 0 Å². The van der Waals surface area contributed by atoms with Crippen LogP contribution in [-0.4, -0.2) is 11.1 Å². The van der Waals surface area contributed by atoms with Crippen LogP contribution in [-0.2, 0) is 4.79 Å². The minimum Gasteiger partial charge on any atom is -0.478 e. The lowest BCUT2D eigenvalue weighted by Gasteiger charge is -2.02. The second-order valence-corrected chi connectivity index (χ2v) is 4.24. The van der Waals surface area contributed by atoms with Crippen molar-refractivity contribution >= 4 is 23.6 Å². The lowest BCUT2D eigenvalue weighted by Crippen LogP contribution is -1.85. The van der Waals surface area contributed by atoms with Crippen LogP contribution in [0.25, 0.3) is 17.2 Å². The summed E-state index contributed by atoms with van der Waals surface area (Å²) in [5.74, 6) is -0.950. The number of halogens is 1. The monoisotopic (exact) mass is 258 g/mol. The SMILES string of the molecule is O=C(O)/C=C/c1ccc(-c2cccc(Cl)c2)cc1. The number of benzene rings is 2. The zero-order valence-corrected chi connectivity index (χ0v) is 10.3. The molecule has 0 aromatic heterocycles.